The zero-order valence-corrected chi connectivity index (χ0v) is 14.4. The van der Waals surface area contributed by atoms with Crippen LogP contribution < -0.4 is 10.1 Å². The van der Waals surface area contributed by atoms with E-state index in [9.17, 15) is 4.79 Å². The number of amides is 1. The van der Waals surface area contributed by atoms with Crippen LogP contribution in [0.3, 0.4) is 0 Å². The van der Waals surface area contributed by atoms with Gasteiger partial charge in [-0.15, -0.1) is 0 Å². The number of hydrogen-bond donors (Lipinski definition) is 1. The number of hydrogen-bond acceptors (Lipinski definition) is 4. The molecule has 1 aromatic carbocycles. The van der Waals surface area contributed by atoms with Crippen molar-refractivity contribution in [3.05, 3.63) is 48.2 Å². The van der Waals surface area contributed by atoms with Crippen LogP contribution in [0, 0.1) is 0 Å². The summed E-state index contributed by atoms with van der Waals surface area (Å²) in [6.07, 6.45) is 2.61. The standard InChI is InChI=1S/C19H24N2O3/c1-14(21-15(2)22)12-16-4-6-17(7-5-16)18-8-9-19(20-13-18)24-11-10-23-3/h4-9,13-14H,10-12H2,1-3H3,(H,21,22). The van der Waals surface area contributed by atoms with Crippen molar-refractivity contribution >= 4 is 5.91 Å². The summed E-state index contributed by atoms with van der Waals surface area (Å²) >= 11 is 0. The third kappa shape index (κ3) is 5.66. The third-order valence-corrected chi connectivity index (χ3v) is 3.55. The quantitative estimate of drug-likeness (QED) is 0.757. The number of benzene rings is 1. The summed E-state index contributed by atoms with van der Waals surface area (Å²) in [6, 6.07) is 12.3. The van der Waals surface area contributed by atoms with Crippen molar-refractivity contribution in [2.75, 3.05) is 20.3 Å². The first-order valence-corrected chi connectivity index (χ1v) is 8.02. The van der Waals surface area contributed by atoms with Crippen molar-refractivity contribution in [1.29, 1.82) is 0 Å². The lowest BCUT2D eigenvalue weighted by molar-refractivity contribution is -0.119. The van der Waals surface area contributed by atoms with Crippen LogP contribution in [-0.4, -0.2) is 37.3 Å². The van der Waals surface area contributed by atoms with Gasteiger partial charge in [-0.3, -0.25) is 4.79 Å². The number of ether oxygens (including phenoxy) is 2. The highest BCUT2D eigenvalue weighted by molar-refractivity contribution is 5.73. The van der Waals surface area contributed by atoms with E-state index in [1.165, 1.54) is 12.5 Å². The molecule has 0 aliphatic heterocycles. The zero-order valence-electron chi connectivity index (χ0n) is 14.4. The molecule has 1 aromatic heterocycles. The highest BCUT2D eigenvalue weighted by atomic mass is 16.5. The van der Waals surface area contributed by atoms with E-state index in [1.807, 2.05) is 19.1 Å². The molecule has 1 amide bonds. The van der Waals surface area contributed by atoms with E-state index < -0.39 is 0 Å². The highest BCUT2D eigenvalue weighted by Gasteiger charge is 2.05. The van der Waals surface area contributed by atoms with Crippen molar-refractivity contribution in [3.8, 4) is 17.0 Å². The molecule has 24 heavy (non-hydrogen) atoms. The first-order chi connectivity index (χ1) is 11.6. The number of rotatable bonds is 8. The molecule has 0 saturated heterocycles. The van der Waals surface area contributed by atoms with E-state index in [4.69, 9.17) is 9.47 Å². The van der Waals surface area contributed by atoms with Crippen LogP contribution in [0.4, 0.5) is 0 Å². The van der Waals surface area contributed by atoms with Gasteiger partial charge in [-0.25, -0.2) is 4.98 Å². The Kier molecular flexibility index (Phi) is 6.75. The summed E-state index contributed by atoms with van der Waals surface area (Å²) in [7, 11) is 1.64. The summed E-state index contributed by atoms with van der Waals surface area (Å²) in [4.78, 5) is 15.4. The molecule has 0 aliphatic rings. The Hall–Kier alpha value is -2.40. The Bertz CT molecular complexity index is 639. The number of aromatic nitrogens is 1. The lowest BCUT2D eigenvalue weighted by Crippen LogP contribution is -2.31. The Morgan fingerprint density at radius 2 is 1.83 bits per heavy atom. The van der Waals surface area contributed by atoms with Gasteiger partial charge < -0.3 is 14.8 Å². The minimum absolute atomic E-state index is 0.00185. The maximum atomic E-state index is 11.1. The number of pyridine rings is 1. The van der Waals surface area contributed by atoms with Crippen molar-refractivity contribution < 1.29 is 14.3 Å². The molecule has 0 fully saturated rings. The Balaban J connectivity index is 1.96. The van der Waals surface area contributed by atoms with Gasteiger partial charge in [0.2, 0.25) is 11.8 Å². The summed E-state index contributed by atoms with van der Waals surface area (Å²) in [5.41, 5.74) is 3.32. The molecule has 0 radical (unpaired) electrons. The molecule has 2 aromatic rings. The molecule has 1 N–H and O–H groups in total. The van der Waals surface area contributed by atoms with Crippen LogP contribution in [0.2, 0.25) is 0 Å². The Morgan fingerprint density at radius 1 is 1.12 bits per heavy atom. The maximum absolute atomic E-state index is 11.1. The van der Waals surface area contributed by atoms with Crippen molar-refractivity contribution in [2.24, 2.45) is 0 Å². The number of carbonyl (C=O) groups excluding carboxylic acids is 1. The first-order valence-electron chi connectivity index (χ1n) is 8.02. The van der Waals surface area contributed by atoms with E-state index in [-0.39, 0.29) is 11.9 Å². The van der Waals surface area contributed by atoms with Gasteiger partial charge in [-0.1, -0.05) is 24.3 Å². The van der Waals surface area contributed by atoms with Crippen molar-refractivity contribution in [2.45, 2.75) is 26.3 Å². The summed E-state index contributed by atoms with van der Waals surface area (Å²) in [5, 5.41) is 2.89. The number of methoxy groups -OCH3 is 1. The molecular formula is C19H24N2O3. The van der Waals surface area contributed by atoms with Crippen LogP contribution in [0.25, 0.3) is 11.1 Å². The molecule has 128 valence electrons. The van der Waals surface area contributed by atoms with Crippen LogP contribution in [-0.2, 0) is 16.0 Å². The van der Waals surface area contributed by atoms with Gasteiger partial charge in [0.1, 0.15) is 6.61 Å². The largest absolute Gasteiger partial charge is 0.475 e. The molecule has 0 bridgehead atoms. The molecule has 0 saturated carbocycles. The maximum Gasteiger partial charge on any atom is 0.217 e. The monoisotopic (exact) mass is 328 g/mol. The normalized spacial score (nSPS) is 11.8. The molecule has 5 heteroatoms. The summed E-state index contributed by atoms with van der Waals surface area (Å²) in [5.74, 6) is 0.592. The van der Waals surface area contributed by atoms with Gasteiger partial charge in [0.05, 0.1) is 6.61 Å². The first kappa shape index (κ1) is 17.9. The van der Waals surface area contributed by atoms with Crippen LogP contribution >= 0.6 is 0 Å². The van der Waals surface area contributed by atoms with Gasteiger partial charge in [-0.05, 0) is 30.5 Å². The van der Waals surface area contributed by atoms with Gasteiger partial charge in [-0.2, -0.15) is 0 Å². The van der Waals surface area contributed by atoms with E-state index in [0.29, 0.717) is 19.1 Å². The molecular weight excluding hydrogens is 304 g/mol. The lowest BCUT2D eigenvalue weighted by atomic mass is 10.0. The fraction of sp³-hybridized carbons (Fsp3) is 0.368. The van der Waals surface area contributed by atoms with E-state index in [0.717, 1.165) is 17.5 Å². The third-order valence-electron chi connectivity index (χ3n) is 3.55. The molecule has 1 heterocycles. The minimum atomic E-state index is -0.00185. The van der Waals surface area contributed by atoms with Crippen LogP contribution in [0.1, 0.15) is 19.4 Å². The second-order valence-corrected chi connectivity index (χ2v) is 5.73. The fourth-order valence-electron chi connectivity index (χ4n) is 2.45. The topological polar surface area (TPSA) is 60.5 Å². The summed E-state index contributed by atoms with van der Waals surface area (Å²) < 4.78 is 10.4. The van der Waals surface area contributed by atoms with Gasteiger partial charge >= 0.3 is 0 Å². The average Bonchev–Trinajstić information content (AvgIpc) is 2.56. The predicted octanol–water partition coefficient (Wildman–Crippen LogP) is 2.84. The van der Waals surface area contributed by atoms with Crippen LogP contribution in [0.5, 0.6) is 5.88 Å². The molecule has 2 rings (SSSR count). The second kappa shape index (κ2) is 9.03. The highest BCUT2D eigenvalue weighted by Crippen LogP contribution is 2.21. The Morgan fingerprint density at radius 3 is 2.42 bits per heavy atom. The number of nitrogens with zero attached hydrogens (tertiary/aromatic N) is 1. The van der Waals surface area contributed by atoms with Crippen LogP contribution in [0.15, 0.2) is 42.6 Å². The Labute approximate surface area is 143 Å². The van der Waals surface area contributed by atoms with E-state index in [1.54, 1.807) is 13.3 Å². The van der Waals surface area contributed by atoms with Crippen molar-refractivity contribution in [1.82, 2.24) is 10.3 Å². The predicted molar refractivity (Wildman–Crippen MR) is 94.0 cm³/mol. The fourth-order valence-corrected chi connectivity index (χ4v) is 2.45. The minimum Gasteiger partial charge on any atom is -0.475 e. The SMILES string of the molecule is COCCOc1ccc(-c2ccc(CC(C)NC(C)=O)cc2)cn1. The number of nitrogens with one attached hydrogen (secondary N) is 1. The number of carbonyl (C=O) groups is 1. The molecule has 1 unspecified atom stereocenters. The molecule has 0 spiro atoms. The zero-order chi connectivity index (χ0) is 17.4. The van der Waals surface area contributed by atoms with Crippen molar-refractivity contribution in [3.63, 3.8) is 0 Å². The molecule has 1 atom stereocenters. The van der Waals surface area contributed by atoms with E-state index in [2.05, 4.69) is 34.6 Å². The molecule has 5 nitrogen and oxygen atoms in total. The average molecular weight is 328 g/mol. The smallest absolute Gasteiger partial charge is 0.217 e. The summed E-state index contributed by atoms with van der Waals surface area (Å²) in [6.45, 7) is 4.57. The lowest BCUT2D eigenvalue weighted by Gasteiger charge is -2.12. The second-order valence-electron chi connectivity index (χ2n) is 5.73. The van der Waals surface area contributed by atoms with Gasteiger partial charge in [0.25, 0.3) is 0 Å². The van der Waals surface area contributed by atoms with Gasteiger partial charge in [0, 0.05) is 37.9 Å². The molecule has 0 aliphatic carbocycles. The van der Waals surface area contributed by atoms with E-state index >= 15 is 0 Å². The van der Waals surface area contributed by atoms with Gasteiger partial charge in [0.15, 0.2) is 0 Å².